The minimum absolute atomic E-state index is 0.0874. The van der Waals surface area contributed by atoms with Crippen LogP contribution in [0.15, 0.2) is 23.3 Å². The Bertz CT molecular complexity index is 553. The summed E-state index contributed by atoms with van der Waals surface area (Å²) in [6, 6.07) is 5.31. The van der Waals surface area contributed by atoms with Crippen molar-refractivity contribution in [3.05, 3.63) is 23.8 Å². The van der Waals surface area contributed by atoms with Gasteiger partial charge < -0.3 is 18.9 Å². The highest BCUT2D eigenvalue weighted by Gasteiger charge is 2.33. The number of hydrogen-bond acceptors (Lipinski definition) is 6. The van der Waals surface area contributed by atoms with Gasteiger partial charge in [0, 0.05) is 11.6 Å². The number of nitrogens with one attached hydrogen (secondary N) is 1. The van der Waals surface area contributed by atoms with Crippen LogP contribution < -0.4 is 14.9 Å². The monoisotopic (exact) mass is 308 g/mol. The van der Waals surface area contributed by atoms with E-state index in [0.29, 0.717) is 24.7 Å². The first-order chi connectivity index (χ1) is 10.6. The molecule has 0 unspecified atom stereocenters. The molecule has 120 valence electrons. The first kappa shape index (κ1) is 16.3. The summed E-state index contributed by atoms with van der Waals surface area (Å²) >= 11 is 0. The van der Waals surface area contributed by atoms with Crippen LogP contribution in [-0.4, -0.2) is 45.3 Å². The maximum Gasteiger partial charge on any atom is 0.245 e. The van der Waals surface area contributed by atoms with Crippen LogP contribution in [0, 0.1) is 0 Å². The first-order valence-electron chi connectivity index (χ1n) is 6.88. The van der Waals surface area contributed by atoms with E-state index in [0.717, 1.165) is 5.56 Å². The molecule has 1 aromatic carbocycles. The van der Waals surface area contributed by atoms with Crippen molar-refractivity contribution in [1.82, 2.24) is 5.43 Å². The van der Waals surface area contributed by atoms with Crippen molar-refractivity contribution in [2.24, 2.45) is 5.10 Å². The van der Waals surface area contributed by atoms with E-state index in [2.05, 4.69) is 10.5 Å². The standard InChI is InChI=1S/C15H20N2O5/c1-15(21-6-7-22-15)9-14(18)17-16-10-11-4-5-12(19-2)8-13(11)20-3/h4-5,8,10H,6-7,9H2,1-3H3,(H,17,18)/b16-10-. The summed E-state index contributed by atoms with van der Waals surface area (Å²) in [6.07, 6.45) is 1.60. The van der Waals surface area contributed by atoms with Crippen LogP contribution in [-0.2, 0) is 14.3 Å². The van der Waals surface area contributed by atoms with E-state index in [4.69, 9.17) is 18.9 Å². The number of ether oxygens (including phenoxy) is 4. The molecule has 1 aliphatic heterocycles. The SMILES string of the molecule is COc1ccc(/C=N\NC(=O)CC2(C)OCCO2)c(OC)c1. The van der Waals surface area contributed by atoms with Gasteiger partial charge in [0.15, 0.2) is 5.79 Å². The van der Waals surface area contributed by atoms with Gasteiger partial charge in [-0.15, -0.1) is 0 Å². The van der Waals surface area contributed by atoms with Crippen molar-refractivity contribution in [2.75, 3.05) is 27.4 Å². The molecule has 7 nitrogen and oxygen atoms in total. The van der Waals surface area contributed by atoms with E-state index in [-0.39, 0.29) is 12.3 Å². The lowest BCUT2D eigenvalue weighted by Crippen LogP contribution is -2.33. The van der Waals surface area contributed by atoms with E-state index in [1.54, 1.807) is 39.3 Å². The molecule has 1 aliphatic rings. The molecule has 0 saturated carbocycles. The van der Waals surface area contributed by atoms with Crippen LogP contribution in [0.2, 0.25) is 0 Å². The van der Waals surface area contributed by atoms with Crippen molar-refractivity contribution < 1.29 is 23.7 Å². The second-order valence-corrected chi connectivity index (χ2v) is 4.91. The van der Waals surface area contributed by atoms with Gasteiger partial charge in [-0.3, -0.25) is 4.79 Å². The summed E-state index contributed by atoms with van der Waals surface area (Å²) in [6.45, 7) is 2.72. The zero-order valence-corrected chi connectivity index (χ0v) is 12.9. The summed E-state index contributed by atoms with van der Waals surface area (Å²) in [5.74, 6) is 0.138. The van der Waals surface area contributed by atoms with E-state index < -0.39 is 5.79 Å². The van der Waals surface area contributed by atoms with E-state index in [1.165, 1.54) is 6.21 Å². The average molecular weight is 308 g/mol. The fourth-order valence-corrected chi connectivity index (χ4v) is 2.09. The number of methoxy groups -OCH3 is 2. The maximum atomic E-state index is 11.8. The van der Waals surface area contributed by atoms with Gasteiger partial charge in [0.2, 0.25) is 5.91 Å². The van der Waals surface area contributed by atoms with Gasteiger partial charge in [-0.25, -0.2) is 5.43 Å². The second kappa shape index (κ2) is 7.24. The Hall–Kier alpha value is -2.12. The van der Waals surface area contributed by atoms with E-state index in [9.17, 15) is 4.79 Å². The summed E-state index contributed by atoms with van der Waals surface area (Å²) < 4.78 is 21.1. The number of carbonyl (C=O) groups excluding carboxylic acids is 1. The number of rotatable bonds is 6. The summed E-state index contributed by atoms with van der Waals surface area (Å²) in [4.78, 5) is 11.8. The van der Waals surface area contributed by atoms with Crippen LogP contribution in [0.1, 0.15) is 18.9 Å². The second-order valence-electron chi connectivity index (χ2n) is 4.91. The molecule has 1 N–H and O–H groups in total. The average Bonchev–Trinajstić information content (AvgIpc) is 2.93. The third-order valence-corrected chi connectivity index (χ3v) is 3.21. The summed E-state index contributed by atoms with van der Waals surface area (Å²) in [7, 11) is 3.14. The highest BCUT2D eigenvalue weighted by Crippen LogP contribution is 2.23. The zero-order valence-electron chi connectivity index (χ0n) is 12.9. The van der Waals surface area contributed by atoms with Crippen LogP contribution >= 0.6 is 0 Å². The van der Waals surface area contributed by atoms with Gasteiger partial charge in [-0.05, 0) is 19.1 Å². The van der Waals surface area contributed by atoms with E-state index >= 15 is 0 Å². The van der Waals surface area contributed by atoms with Gasteiger partial charge in [0.05, 0.1) is 40.1 Å². The van der Waals surface area contributed by atoms with Gasteiger partial charge in [0.25, 0.3) is 0 Å². The third kappa shape index (κ3) is 4.19. The Morgan fingerprint density at radius 2 is 2.09 bits per heavy atom. The Morgan fingerprint density at radius 3 is 2.73 bits per heavy atom. The smallest absolute Gasteiger partial charge is 0.245 e. The Labute approximate surface area is 129 Å². The Balaban J connectivity index is 1.93. The van der Waals surface area contributed by atoms with Crippen molar-refractivity contribution in [1.29, 1.82) is 0 Å². The molecule has 22 heavy (non-hydrogen) atoms. The number of amides is 1. The molecule has 1 aromatic rings. The Kier molecular flexibility index (Phi) is 5.35. The molecule has 2 rings (SSSR count). The molecule has 0 aliphatic carbocycles. The minimum atomic E-state index is -0.864. The molecule has 0 spiro atoms. The molecule has 0 atom stereocenters. The molecule has 1 heterocycles. The Morgan fingerprint density at radius 1 is 1.36 bits per heavy atom. The molecular weight excluding hydrogens is 288 g/mol. The van der Waals surface area contributed by atoms with Gasteiger partial charge in [0.1, 0.15) is 11.5 Å². The fourth-order valence-electron chi connectivity index (χ4n) is 2.09. The van der Waals surface area contributed by atoms with Crippen LogP contribution in [0.4, 0.5) is 0 Å². The van der Waals surface area contributed by atoms with E-state index in [1.807, 2.05) is 0 Å². The number of carbonyl (C=O) groups is 1. The predicted molar refractivity (Wildman–Crippen MR) is 80.2 cm³/mol. The molecule has 1 saturated heterocycles. The van der Waals surface area contributed by atoms with Crippen molar-refractivity contribution in [3.63, 3.8) is 0 Å². The van der Waals surface area contributed by atoms with Crippen molar-refractivity contribution >= 4 is 12.1 Å². The number of hydrazone groups is 1. The molecular formula is C15H20N2O5. The molecule has 7 heteroatoms. The van der Waals surface area contributed by atoms with Crippen LogP contribution in [0.25, 0.3) is 0 Å². The molecule has 0 bridgehead atoms. The predicted octanol–water partition coefficient (Wildman–Crippen LogP) is 1.31. The number of nitrogens with zero attached hydrogens (tertiary/aromatic N) is 1. The van der Waals surface area contributed by atoms with Gasteiger partial charge in [-0.2, -0.15) is 5.10 Å². The van der Waals surface area contributed by atoms with Crippen LogP contribution in [0.3, 0.4) is 0 Å². The zero-order chi connectivity index (χ0) is 16.0. The van der Waals surface area contributed by atoms with Gasteiger partial charge in [-0.1, -0.05) is 0 Å². The summed E-state index contributed by atoms with van der Waals surface area (Å²) in [5, 5.41) is 3.92. The van der Waals surface area contributed by atoms with Gasteiger partial charge >= 0.3 is 0 Å². The number of hydrogen-bond donors (Lipinski definition) is 1. The molecule has 1 fully saturated rings. The topological polar surface area (TPSA) is 78.4 Å². The number of benzene rings is 1. The van der Waals surface area contributed by atoms with Crippen LogP contribution in [0.5, 0.6) is 11.5 Å². The highest BCUT2D eigenvalue weighted by molar-refractivity contribution is 5.85. The largest absolute Gasteiger partial charge is 0.497 e. The van der Waals surface area contributed by atoms with Crippen molar-refractivity contribution in [2.45, 2.75) is 19.1 Å². The lowest BCUT2D eigenvalue weighted by molar-refractivity contribution is -0.159. The lowest BCUT2D eigenvalue weighted by Gasteiger charge is -2.20. The minimum Gasteiger partial charge on any atom is -0.497 e. The molecule has 0 aromatic heterocycles. The molecule has 0 radical (unpaired) electrons. The summed E-state index contributed by atoms with van der Waals surface area (Å²) in [5.41, 5.74) is 3.17. The fraction of sp³-hybridized carbons (Fsp3) is 0.467. The first-order valence-corrected chi connectivity index (χ1v) is 6.88. The normalized spacial score (nSPS) is 16.7. The quantitative estimate of drug-likeness (QED) is 0.633. The lowest BCUT2D eigenvalue weighted by atomic mass is 10.2. The maximum absolute atomic E-state index is 11.8. The van der Waals surface area contributed by atoms with Crippen molar-refractivity contribution in [3.8, 4) is 11.5 Å². The molecule has 1 amide bonds. The third-order valence-electron chi connectivity index (χ3n) is 3.21. The highest BCUT2D eigenvalue weighted by atomic mass is 16.7.